The number of rotatable bonds is 3. The van der Waals surface area contributed by atoms with Crippen LogP contribution in [0, 0.1) is 0 Å². The maximum Gasteiger partial charge on any atom is 0.412 e. The number of ether oxygens (including phenoxy) is 2. The van der Waals surface area contributed by atoms with Crippen LogP contribution in [0.1, 0.15) is 0 Å². The molecule has 4 heterocycles. The average Bonchev–Trinajstić information content (AvgIpc) is 2.89. The van der Waals surface area contributed by atoms with E-state index in [4.69, 9.17) is 21.1 Å². The number of nitrogens with zero attached hydrogens (tertiary/aromatic N) is 4. The Morgan fingerprint density at radius 2 is 1.93 bits per heavy atom. The molecule has 1 saturated heterocycles. The lowest BCUT2D eigenvalue weighted by molar-refractivity contribution is -0.115. The molecule has 2 amide bonds. The second-order valence-corrected chi connectivity index (χ2v) is 9.74. The number of aromatic nitrogens is 1. The van der Waals surface area contributed by atoms with E-state index >= 15 is 0 Å². The van der Waals surface area contributed by atoms with E-state index in [9.17, 15) is 9.59 Å². The van der Waals surface area contributed by atoms with Crippen LogP contribution < -0.4 is 4.90 Å². The predicted molar refractivity (Wildman–Crippen MR) is 119 cm³/mol. The third-order valence-corrected chi connectivity index (χ3v) is 8.03. The van der Waals surface area contributed by atoms with Gasteiger partial charge < -0.3 is 19.3 Å². The molecule has 8 nitrogen and oxygen atoms in total. The largest absolute Gasteiger partial charge is 0.420 e. The Kier molecular flexibility index (Phi) is 6.78. The van der Waals surface area contributed by atoms with Crippen LogP contribution in [-0.4, -0.2) is 91.0 Å². The fourth-order valence-electron chi connectivity index (χ4n) is 3.36. The van der Waals surface area contributed by atoms with Crippen LogP contribution in [0.4, 0.5) is 10.6 Å². The Morgan fingerprint density at radius 1 is 1.20 bits per heavy atom. The van der Waals surface area contributed by atoms with Crippen molar-refractivity contribution in [3.05, 3.63) is 33.2 Å². The van der Waals surface area contributed by atoms with E-state index in [0.717, 1.165) is 18.0 Å². The van der Waals surface area contributed by atoms with Crippen LogP contribution in [0.3, 0.4) is 0 Å². The molecule has 0 spiro atoms. The van der Waals surface area contributed by atoms with Crippen LogP contribution in [0.5, 0.6) is 0 Å². The number of likely N-dealkylation sites (N-methyl/N-ethyl adjacent to an activating group) is 1. The molecule has 2 atom stereocenters. The van der Waals surface area contributed by atoms with Crippen LogP contribution >= 0.6 is 35.1 Å². The number of halogens is 1. The minimum atomic E-state index is -0.846. The molecule has 0 saturated carbocycles. The minimum absolute atomic E-state index is 0.0227. The molecule has 0 bridgehead atoms. The fourth-order valence-corrected chi connectivity index (χ4v) is 6.18. The summed E-state index contributed by atoms with van der Waals surface area (Å²) in [4.78, 5) is 37.1. The number of carbonyl (C=O) groups excluding carboxylic acids is 2. The van der Waals surface area contributed by atoms with Gasteiger partial charge in [0.05, 0.1) is 20.9 Å². The van der Waals surface area contributed by atoms with E-state index in [2.05, 4.69) is 9.88 Å². The Balaban J connectivity index is 1.60. The smallest absolute Gasteiger partial charge is 0.412 e. The SMILES string of the molecule is COC1CSC2=C(SC1)C(OC(=O)N1CCN(C)CC1)N(c1ccc(Cl)cn1)C2=O. The Hall–Kier alpha value is -1.46. The van der Waals surface area contributed by atoms with Crippen molar-refractivity contribution in [1.82, 2.24) is 14.8 Å². The van der Waals surface area contributed by atoms with E-state index in [-0.39, 0.29) is 12.0 Å². The highest BCUT2D eigenvalue weighted by molar-refractivity contribution is 8.08. The van der Waals surface area contributed by atoms with Gasteiger partial charge in [-0.3, -0.25) is 4.79 Å². The lowest BCUT2D eigenvalue weighted by Gasteiger charge is -2.34. The van der Waals surface area contributed by atoms with Gasteiger partial charge in [0.15, 0.2) is 0 Å². The molecule has 2 unspecified atom stereocenters. The van der Waals surface area contributed by atoms with Gasteiger partial charge in [-0.2, -0.15) is 0 Å². The summed E-state index contributed by atoms with van der Waals surface area (Å²) in [5, 5.41) is 0.470. The van der Waals surface area contributed by atoms with Gasteiger partial charge in [0.1, 0.15) is 5.82 Å². The zero-order chi connectivity index (χ0) is 21.3. The average molecular weight is 471 g/mol. The van der Waals surface area contributed by atoms with E-state index in [1.54, 1.807) is 24.1 Å². The monoisotopic (exact) mass is 470 g/mol. The van der Waals surface area contributed by atoms with Crippen molar-refractivity contribution in [1.29, 1.82) is 0 Å². The van der Waals surface area contributed by atoms with Gasteiger partial charge >= 0.3 is 6.09 Å². The molecular formula is C19H23ClN4O4S2. The number of hydrogen-bond donors (Lipinski definition) is 0. The first-order valence-electron chi connectivity index (χ1n) is 9.59. The summed E-state index contributed by atoms with van der Waals surface area (Å²) in [6.45, 7) is 2.76. The Bertz CT molecular complexity index is 845. The minimum Gasteiger partial charge on any atom is -0.420 e. The van der Waals surface area contributed by atoms with Crippen molar-refractivity contribution < 1.29 is 19.1 Å². The maximum atomic E-state index is 13.3. The van der Waals surface area contributed by atoms with Gasteiger partial charge in [-0.1, -0.05) is 11.6 Å². The topological polar surface area (TPSA) is 75.2 Å². The van der Waals surface area contributed by atoms with E-state index in [1.165, 1.54) is 34.6 Å². The number of methoxy groups -OCH3 is 1. The first-order chi connectivity index (χ1) is 14.5. The highest BCUT2D eigenvalue weighted by atomic mass is 35.5. The molecule has 4 rings (SSSR count). The lowest BCUT2D eigenvalue weighted by Crippen LogP contribution is -2.49. The molecule has 0 aromatic carbocycles. The standard InChI is InChI=1S/C19H23ClN4O4S2/c1-22-5-7-23(8-6-22)19(26)28-18-16-15(29-10-13(27-2)11-30-16)17(25)24(18)14-4-3-12(20)9-21-14/h3-4,9,13,18H,5-8,10-11H2,1-2H3. The van der Waals surface area contributed by atoms with Gasteiger partial charge in [-0.05, 0) is 19.2 Å². The van der Waals surface area contributed by atoms with E-state index < -0.39 is 12.3 Å². The highest BCUT2D eigenvalue weighted by Gasteiger charge is 2.46. The number of pyridine rings is 1. The van der Waals surface area contributed by atoms with Crippen molar-refractivity contribution in [3.63, 3.8) is 0 Å². The highest BCUT2D eigenvalue weighted by Crippen LogP contribution is 2.45. The molecule has 30 heavy (non-hydrogen) atoms. The van der Waals surface area contributed by atoms with Gasteiger partial charge in [-0.15, -0.1) is 23.5 Å². The molecular weight excluding hydrogens is 448 g/mol. The van der Waals surface area contributed by atoms with Crippen molar-refractivity contribution >= 4 is 52.9 Å². The number of piperazine rings is 1. The van der Waals surface area contributed by atoms with Crippen LogP contribution in [-0.2, 0) is 14.3 Å². The summed E-state index contributed by atoms with van der Waals surface area (Å²) in [6.07, 6.45) is 0.233. The number of hydrogen-bond acceptors (Lipinski definition) is 8. The number of thioether (sulfide) groups is 2. The molecule has 3 aliphatic heterocycles. The summed E-state index contributed by atoms with van der Waals surface area (Å²) in [5.74, 6) is 1.53. The molecule has 1 aromatic heterocycles. The first kappa shape index (κ1) is 21.8. The third kappa shape index (κ3) is 4.43. The molecule has 0 aliphatic carbocycles. The second kappa shape index (κ2) is 9.35. The molecule has 11 heteroatoms. The van der Waals surface area contributed by atoms with Crippen LogP contribution in [0.15, 0.2) is 28.1 Å². The molecule has 0 radical (unpaired) electrons. The second-order valence-electron chi connectivity index (χ2n) is 7.21. The summed E-state index contributed by atoms with van der Waals surface area (Å²) in [7, 11) is 3.69. The van der Waals surface area contributed by atoms with Crippen molar-refractivity contribution in [2.75, 3.05) is 56.7 Å². The number of amides is 2. The van der Waals surface area contributed by atoms with Gasteiger partial charge in [0.25, 0.3) is 5.91 Å². The number of carbonyl (C=O) groups is 2. The fraction of sp³-hybridized carbons (Fsp3) is 0.526. The Morgan fingerprint density at radius 3 is 2.60 bits per heavy atom. The van der Waals surface area contributed by atoms with Crippen molar-refractivity contribution in [2.45, 2.75) is 12.3 Å². The molecule has 162 valence electrons. The summed E-state index contributed by atoms with van der Waals surface area (Å²) in [6, 6.07) is 3.33. The summed E-state index contributed by atoms with van der Waals surface area (Å²) >= 11 is 8.91. The first-order valence-corrected chi connectivity index (χ1v) is 11.9. The maximum absolute atomic E-state index is 13.3. The predicted octanol–water partition coefficient (Wildman–Crippen LogP) is 2.50. The Labute approximate surface area is 188 Å². The van der Waals surface area contributed by atoms with Crippen LogP contribution in [0.2, 0.25) is 5.02 Å². The zero-order valence-corrected chi connectivity index (χ0v) is 19.1. The number of anilines is 1. The van der Waals surface area contributed by atoms with Gasteiger partial charge in [-0.25, -0.2) is 14.7 Å². The van der Waals surface area contributed by atoms with Crippen LogP contribution in [0.25, 0.3) is 0 Å². The summed E-state index contributed by atoms with van der Waals surface area (Å²) in [5.41, 5.74) is 0. The van der Waals surface area contributed by atoms with Crippen molar-refractivity contribution in [2.24, 2.45) is 0 Å². The third-order valence-electron chi connectivity index (χ3n) is 5.20. The van der Waals surface area contributed by atoms with Gasteiger partial charge in [0, 0.05) is 51.0 Å². The normalized spacial score (nSPS) is 25.4. The quantitative estimate of drug-likeness (QED) is 0.667. The van der Waals surface area contributed by atoms with E-state index in [1.807, 2.05) is 7.05 Å². The molecule has 1 aromatic rings. The van der Waals surface area contributed by atoms with E-state index in [0.29, 0.717) is 40.3 Å². The molecule has 1 fully saturated rings. The summed E-state index contributed by atoms with van der Waals surface area (Å²) < 4.78 is 11.4. The zero-order valence-electron chi connectivity index (χ0n) is 16.7. The molecule has 0 N–H and O–H groups in total. The van der Waals surface area contributed by atoms with Gasteiger partial charge in [0.2, 0.25) is 6.23 Å². The van der Waals surface area contributed by atoms with Crippen molar-refractivity contribution in [3.8, 4) is 0 Å². The molecule has 3 aliphatic rings. The lowest BCUT2D eigenvalue weighted by atomic mass is 10.3.